The summed E-state index contributed by atoms with van der Waals surface area (Å²) in [5.41, 5.74) is 2.68. The first-order chi connectivity index (χ1) is 8.66. The lowest BCUT2D eigenvalue weighted by molar-refractivity contribution is -0.126. The molecule has 4 unspecified atom stereocenters. The topological polar surface area (TPSA) is 17.1 Å². The van der Waals surface area contributed by atoms with Gasteiger partial charge in [-0.25, -0.2) is 0 Å². The lowest BCUT2D eigenvalue weighted by Crippen LogP contribution is -2.34. The molecule has 18 heavy (non-hydrogen) atoms. The van der Waals surface area contributed by atoms with Crippen LogP contribution in [-0.4, -0.2) is 5.78 Å². The molecule has 96 valence electrons. The molecule has 0 heterocycles. The van der Waals surface area contributed by atoms with Crippen LogP contribution in [-0.2, 0) is 11.2 Å². The molecule has 1 aromatic rings. The van der Waals surface area contributed by atoms with Crippen molar-refractivity contribution < 1.29 is 4.79 Å². The van der Waals surface area contributed by atoms with Gasteiger partial charge in [0.25, 0.3) is 0 Å². The van der Waals surface area contributed by atoms with E-state index in [9.17, 15) is 4.79 Å². The van der Waals surface area contributed by atoms with Crippen molar-refractivity contribution in [3.8, 4) is 0 Å². The van der Waals surface area contributed by atoms with Crippen molar-refractivity contribution in [2.24, 2.45) is 17.8 Å². The van der Waals surface area contributed by atoms with Crippen molar-refractivity contribution >= 4 is 5.78 Å². The Balaban J connectivity index is 1.70. The highest BCUT2D eigenvalue weighted by Gasteiger charge is 2.38. The zero-order valence-corrected chi connectivity index (χ0v) is 11.4. The smallest absolute Gasteiger partial charge is 0.143 e. The zero-order valence-electron chi connectivity index (χ0n) is 11.4. The second-order valence-corrected chi connectivity index (χ2v) is 6.32. The normalized spacial score (nSPS) is 34.6. The van der Waals surface area contributed by atoms with E-state index in [4.69, 9.17) is 0 Å². The molecular weight excluding hydrogens is 220 g/mol. The van der Waals surface area contributed by atoms with Crippen LogP contribution in [0.4, 0.5) is 0 Å². The minimum atomic E-state index is 0.215. The van der Waals surface area contributed by atoms with Crippen molar-refractivity contribution in [1.29, 1.82) is 0 Å². The van der Waals surface area contributed by atoms with E-state index in [1.807, 2.05) is 0 Å². The molecule has 4 atom stereocenters. The standard InChI is InChI=1S/C17H22O/c1-11-7-8-14(9-12(11)2)17(18)16-10-13-5-3-4-6-15(13)16/h3-6,11-12,14,16H,7-10H2,1-2H3. The Morgan fingerprint density at radius 1 is 1.11 bits per heavy atom. The summed E-state index contributed by atoms with van der Waals surface area (Å²) in [5, 5.41) is 0. The van der Waals surface area contributed by atoms with Gasteiger partial charge in [-0.1, -0.05) is 38.1 Å². The molecule has 2 aliphatic carbocycles. The fourth-order valence-electron chi connectivity index (χ4n) is 3.60. The molecule has 0 saturated heterocycles. The number of rotatable bonds is 2. The molecule has 1 heteroatoms. The van der Waals surface area contributed by atoms with E-state index >= 15 is 0 Å². The molecule has 1 fully saturated rings. The van der Waals surface area contributed by atoms with E-state index in [0.717, 1.165) is 25.2 Å². The molecule has 3 rings (SSSR count). The Kier molecular flexibility index (Phi) is 3.01. The number of carbonyl (C=O) groups is 1. The van der Waals surface area contributed by atoms with E-state index in [-0.39, 0.29) is 5.92 Å². The molecule has 1 nitrogen and oxygen atoms in total. The Bertz CT molecular complexity index is 462. The van der Waals surface area contributed by atoms with Gasteiger partial charge >= 0.3 is 0 Å². The molecular formula is C17H22O. The fourth-order valence-corrected chi connectivity index (χ4v) is 3.60. The summed E-state index contributed by atoms with van der Waals surface area (Å²) in [4.78, 5) is 12.6. The van der Waals surface area contributed by atoms with Crippen LogP contribution in [0.15, 0.2) is 24.3 Å². The molecule has 1 saturated carbocycles. The van der Waals surface area contributed by atoms with Crippen molar-refractivity contribution in [3.63, 3.8) is 0 Å². The van der Waals surface area contributed by atoms with Crippen LogP contribution in [0.5, 0.6) is 0 Å². The number of hydrogen-bond donors (Lipinski definition) is 0. The van der Waals surface area contributed by atoms with Crippen LogP contribution in [0.25, 0.3) is 0 Å². The average Bonchev–Trinajstić information content (AvgIpc) is 2.34. The van der Waals surface area contributed by atoms with E-state index in [1.165, 1.54) is 17.5 Å². The van der Waals surface area contributed by atoms with E-state index in [0.29, 0.717) is 17.6 Å². The fraction of sp³-hybridized carbons (Fsp3) is 0.588. The molecule has 0 N–H and O–H groups in total. The van der Waals surface area contributed by atoms with Crippen LogP contribution in [0.2, 0.25) is 0 Å². The quantitative estimate of drug-likeness (QED) is 0.767. The number of hydrogen-bond acceptors (Lipinski definition) is 1. The largest absolute Gasteiger partial charge is 0.299 e. The van der Waals surface area contributed by atoms with Crippen molar-refractivity contribution in [2.75, 3.05) is 0 Å². The van der Waals surface area contributed by atoms with Crippen LogP contribution in [0.3, 0.4) is 0 Å². The molecule has 0 aromatic heterocycles. The third-order valence-electron chi connectivity index (χ3n) is 5.20. The Morgan fingerprint density at radius 2 is 1.89 bits per heavy atom. The molecule has 1 aromatic carbocycles. The number of benzene rings is 1. The molecule has 0 aliphatic heterocycles. The van der Waals surface area contributed by atoms with Crippen molar-refractivity contribution in [2.45, 2.75) is 45.4 Å². The lowest BCUT2D eigenvalue weighted by atomic mass is 9.67. The molecule has 0 spiro atoms. The minimum absolute atomic E-state index is 0.215. The van der Waals surface area contributed by atoms with Gasteiger partial charge in [0.15, 0.2) is 0 Å². The Hall–Kier alpha value is -1.11. The number of ketones is 1. The van der Waals surface area contributed by atoms with Gasteiger partial charge in [0.1, 0.15) is 5.78 Å². The molecule has 0 bridgehead atoms. The van der Waals surface area contributed by atoms with Crippen LogP contribution >= 0.6 is 0 Å². The molecule has 0 radical (unpaired) electrons. The number of Topliss-reactive ketones (excluding diaryl/α,β-unsaturated/α-hetero) is 1. The maximum Gasteiger partial charge on any atom is 0.143 e. The summed E-state index contributed by atoms with van der Waals surface area (Å²) in [5.74, 6) is 2.57. The first kappa shape index (κ1) is 12.0. The van der Waals surface area contributed by atoms with Crippen molar-refractivity contribution in [1.82, 2.24) is 0 Å². The van der Waals surface area contributed by atoms with E-state index in [2.05, 4.69) is 38.1 Å². The van der Waals surface area contributed by atoms with Crippen molar-refractivity contribution in [3.05, 3.63) is 35.4 Å². The highest BCUT2D eigenvalue weighted by Crippen LogP contribution is 2.41. The average molecular weight is 242 g/mol. The van der Waals surface area contributed by atoms with Gasteiger partial charge in [-0.3, -0.25) is 4.79 Å². The Morgan fingerprint density at radius 3 is 2.61 bits per heavy atom. The maximum absolute atomic E-state index is 12.6. The summed E-state index contributed by atoms with van der Waals surface area (Å²) in [6.45, 7) is 4.63. The third kappa shape index (κ3) is 1.90. The van der Waals surface area contributed by atoms with Gasteiger partial charge in [0.2, 0.25) is 0 Å². The van der Waals surface area contributed by atoms with E-state index in [1.54, 1.807) is 0 Å². The van der Waals surface area contributed by atoms with Gasteiger partial charge in [-0.15, -0.1) is 0 Å². The van der Waals surface area contributed by atoms with Crippen LogP contribution < -0.4 is 0 Å². The first-order valence-electron chi connectivity index (χ1n) is 7.28. The predicted octanol–water partition coefficient (Wildman–Crippen LogP) is 3.97. The third-order valence-corrected chi connectivity index (χ3v) is 5.20. The van der Waals surface area contributed by atoms with Gasteiger partial charge in [0.05, 0.1) is 0 Å². The zero-order chi connectivity index (χ0) is 12.7. The highest BCUT2D eigenvalue weighted by molar-refractivity contribution is 5.90. The first-order valence-corrected chi connectivity index (χ1v) is 7.28. The summed E-state index contributed by atoms with van der Waals surface area (Å²) in [6, 6.07) is 8.43. The van der Waals surface area contributed by atoms with Gasteiger partial charge < -0.3 is 0 Å². The minimum Gasteiger partial charge on any atom is -0.299 e. The van der Waals surface area contributed by atoms with Gasteiger partial charge in [-0.2, -0.15) is 0 Å². The second-order valence-electron chi connectivity index (χ2n) is 6.32. The second kappa shape index (κ2) is 4.53. The number of fused-ring (bicyclic) bond motifs is 1. The summed E-state index contributed by atoms with van der Waals surface area (Å²) in [6.07, 6.45) is 4.43. The van der Waals surface area contributed by atoms with Crippen LogP contribution in [0, 0.1) is 17.8 Å². The van der Waals surface area contributed by atoms with Gasteiger partial charge in [0, 0.05) is 11.8 Å². The molecule has 2 aliphatic rings. The highest BCUT2D eigenvalue weighted by atomic mass is 16.1. The number of carbonyl (C=O) groups excluding carboxylic acids is 1. The summed E-state index contributed by atoms with van der Waals surface area (Å²) >= 11 is 0. The van der Waals surface area contributed by atoms with Gasteiger partial charge in [-0.05, 0) is 48.6 Å². The SMILES string of the molecule is CC1CCC(C(=O)C2Cc3ccccc32)CC1C. The summed E-state index contributed by atoms with van der Waals surface area (Å²) < 4.78 is 0. The molecule has 0 amide bonds. The van der Waals surface area contributed by atoms with E-state index < -0.39 is 0 Å². The predicted molar refractivity (Wildman–Crippen MR) is 73.6 cm³/mol. The Labute approximate surface area is 110 Å². The summed E-state index contributed by atoms with van der Waals surface area (Å²) in [7, 11) is 0. The lowest BCUT2D eigenvalue weighted by Gasteiger charge is -2.36. The van der Waals surface area contributed by atoms with Crippen LogP contribution in [0.1, 0.15) is 50.2 Å². The monoisotopic (exact) mass is 242 g/mol. The maximum atomic E-state index is 12.6.